The van der Waals surface area contributed by atoms with E-state index in [4.69, 9.17) is 4.74 Å². The molecule has 0 spiro atoms. The summed E-state index contributed by atoms with van der Waals surface area (Å²) in [5, 5.41) is 3.05. The Kier molecular flexibility index (Phi) is 7.69. The number of para-hydroxylation sites is 1. The predicted molar refractivity (Wildman–Crippen MR) is 117 cm³/mol. The molecule has 1 saturated heterocycles. The summed E-state index contributed by atoms with van der Waals surface area (Å²) in [5.41, 5.74) is 1.58. The first-order chi connectivity index (χ1) is 14.1. The number of hydrogen-bond acceptors (Lipinski definition) is 3. The highest BCUT2D eigenvalue weighted by Gasteiger charge is 2.27. The molecule has 0 aromatic heterocycles. The van der Waals surface area contributed by atoms with E-state index in [0.717, 1.165) is 29.3 Å². The van der Waals surface area contributed by atoms with E-state index in [2.05, 4.69) is 21.2 Å². The maximum Gasteiger partial charge on any atom is 0.257 e. The van der Waals surface area contributed by atoms with Gasteiger partial charge in [-0.1, -0.05) is 47.1 Å². The Balaban J connectivity index is 1.66. The van der Waals surface area contributed by atoms with Crippen molar-refractivity contribution in [1.29, 1.82) is 0 Å². The Morgan fingerprint density at radius 1 is 1.21 bits per heavy atom. The van der Waals surface area contributed by atoms with Gasteiger partial charge in [0.1, 0.15) is 12.4 Å². The summed E-state index contributed by atoms with van der Waals surface area (Å²) in [6, 6.07) is 15.3. The third-order valence-corrected chi connectivity index (χ3v) is 5.44. The Hall–Kier alpha value is -2.34. The molecule has 0 bridgehead atoms. The minimum atomic E-state index is -0.0516. The first-order valence-corrected chi connectivity index (χ1v) is 10.9. The Morgan fingerprint density at radius 2 is 2.03 bits per heavy atom. The zero-order valence-electron chi connectivity index (χ0n) is 16.7. The third kappa shape index (κ3) is 6.07. The van der Waals surface area contributed by atoms with Crippen molar-refractivity contribution < 1.29 is 14.3 Å². The monoisotopic (exact) mass is 458 g/mol. The minimum absolute atomic E-state index is 0.0153. The zero-order chi connectivity index (χ0) is 20.6. The van der Waals surface area contributed by atoms with Crippen molar-refractivity contribution in [2.24, 2.45) is 0 Å². The molecule has 2 aromatic rings. The van der Waals surface area contributed by atoms with Gasteiger partial charge in [-0.05, 0) is 49.1 Å². The van der Waals surface area contributed by atoms with Crippen molar-refractivity contribution in [2.45, 2.75) is 45.3 Å². The van der Waals surface area contributed by atoms with Crippen LogP contribution in [0.3, 0.4) is 0 Å². The second kappa shape index (κ2) is 10.4. The van der Waals surface area contributed by atoms with E-state index in [1.807, 2.05) is 54.3 Å². The number of halogens is 1. The van der Waals surface area contributed by atoms with E-state index in [1.54, 1.807) is 6.07 Å². The van der Waals surface area contributed by atoms with Gasteiger partial charge in [0.05, 0.1) is 5.56 Å². The molecule has 154 valence electrons. The van der Waals surface area contributed by atoms with Crippen LogP contribution in [0.2, 0.25) is 0 Å². The number of likely N-dealkylation sites (tertiary alicyclic amines) is 1. The highest BCUT2D eigenvalue weighted by molar-refractivity contribution is 9.10. The lowest BCUT2D eigenvalue weighted by atomic mass is 10.0. The summed E-state index contributed by atoms with van der Waals surface area (Å²) in [7, 11) is 0. The number of benzene rings is 2. The normalized spacial score (nSPS) is 16.3. The molecule has 29 heavy (non-hydrogen) atoms. The average molecular weight is 459 g/mol. The molecule has 6 heteroatoms. The van der Waals surface area contributed by atoms with Crippen LogP contribution in [0.15, 0.2) is 53.0 Å². The number of carbonyl (C=O) groups is 2. The molecule has 5 nitrogen and oxygen atoms in total. The number of piperidine rings is 1. The molecule has 0 radical (unpaired) electrons. The fraction of sp³-hybridized carbons (Fsp3) is 0.391. The molecule has 1 aliphatic heterocycles. The number of carbonyl (C=O) groups excluding carboxylic acids is 2. The first kappa shape index (κ1) is 21.4. The zero-order valence-corrected chi connectivity index (χ0v) is 18.3. The van der Waals surface area contributed by atoms with Gasteiger partial charge in [-0.2, -0.15) is 0 Å². The molecule has 0 aliphatic carbocycles. The lowest BCUT2D eigenvalue weighted by molar-refractivity contribution is -0.122. The standard InChI is InChI=1S/C23H27BrN2O3/c1-2-7-22(27)25-19-10-6-13-26(15-19)23(28)20-11-3-4-12-21(20)29-16-17-8-5-9-18(24)14-17/h3-5,8-9,11-12,14,19H,2,6-7,10,13,15-16H2,1H3,(H,25,27). The molecule has 2 aromatic carbocycles. The number of amides is 2. The second-order valence-corrected chi connectivity index (χ2v) is 8.24. The Morgan fingerprint density at radius 3 is 2.83 bits per heavy atom. The summed E-state index contributed by atoms with van der Waals surface area (Å²) >= 11 is 3.46. The number of nitrogens with zero attached hydrogens (tertiary/aromatic N) is 1. The van der Waals surface area contributed by atoms with Gasteiger partial charge in [0.25, 0.3) is 5.91 Å². The largest absolute Gasteiger partial charge is 0.488 e. The Labute approximate surface area is 180 Å². The lowest BCUT2D eigenvalue weighted by Crippen LogP contribution is -2.49. The molecule has 0 saturated carbocycles. The summed E-state index contributed by atoms with van der Waals surface area (Å²) < 4.78 is 6.97. The number of hydrogen-bond donors (Lipinski definition) is 1. The molecular formula is C23H27BrN2O3. The van der Waals surface area contributed by atoms with Crippen molar-refractivity contribution in [1.82, 2.24) is 10.2 Å². The van der Waals surface area contributed by atoms with Crippen LogP contribution in [0.25, 0.3) is 0 Å². The quantitative estimate of drug-likeness (QED) is 0.661. The van der Waals surface area contributed by atoms with E-state index >= 15 is 0 Å². The molecule has 2 amide bonds. The molecule has 1 unspecified atom stereocenters. The highest BCUT2D eigenvalue weighted by atomic mass is 79.9. The molecule has 1 heterocycles. The number of nitrogens with one attached hydrogen (secondary N) is 1. The number of ether oxygens (including phenoxy) is 1. The van der Waals surface area contributed by atoms with E-state index < -0.39 is 0 Å². The molecule has 1 fully saturated rings. The Bertz CT molecular complexity index is 856. The van der Waals surface area contributed by atoms with Crippen molar-refractivity contribution >= 4 is 27.7 Å². The lowest BCUT2D eigenvalue weighted by Gasteiger charge is -2.33. The van der Waals surface area contributed by atoms with Gasteiger partial charge in [0, 0.05) is 30.0 Å². The summed E-state index contributed by atoms with van der Waals surface area (Å²) in [6.45, 7) is 3.61. The smallest absolute Gasteiger partial charge is 0.257 e. The van der Waals surface area contributed by atoms with E-state index in [9.17, 15) is 9.59 Å². The average Bonchev–Trinajstić information content (AvgIpc) is 2.72. The van der Waals surface area contributed by atoms with Crippen molar-refractivity contribution in [3.8, 4) is 5.75 Å². The van der Waals surface area contributed by atoms with Gasteiger partial charge < -0.3 is 15.0 Å². The fourth-order valence-electron chi connectivity index (χ4n) is 3.53. The minimum Gasteiger partial charge on any atom is -0.488 e. The van der Waals surface area contributed by atoms with Crippen LogP contribution >= 0.6 is 15.9 Å². The van der Waals surface area contributed by atoms with Crippen molar-refractivity contribution in [3.63, 3.8) is 0 Å². The van der Waals surface area contributed by atoms with Crippen LogP contribution in [0, 0.1) is 0 Å². The molecular weight excluding hydrogens is 432 g/mol. The second-order valence-electron chi connectivity index (χ2n) is 7.32. The van der Waals surface area contributed by atoms with Crippen molar-refractivity contribution in [3.05, 3.63) is 64.1 Å². The van der Waals surface area contributed by atoms with Crippen LogP contribution < -0.4 is 10.1 Å². The summed E-state index contributed by atoms with van der Waals surface area (Å²) in [6.07, 6.45) is 3.13. The van der Waals surface area contributed by atoms with Crippen LogP contribution in [-0.2, 0) is 11.4 Å². The SMILES string of the molecule is CCCC(=O)NC1CCCN(C(=O)c2ccccc2OCc2cccc(Br)c2)C1. The third-order valence-electron chi connectivity index (χ3n) is 4.95. The van der Waals surface area contributed by atoms with Crippen LogP contribution in [0.4, 0.5) is 0 Å². The van der Waals surface area contributed by atoms with Gasteiger partial charge >= 0.3 is 0 Å². The topological polar surface area (TPSA) is 58.6 Å². The van der Waals surface area contributed by atoms with Gasteiger partial charge in [-0.25, -0.2) is 0 Å². The molecule has 1 atom stereocenters. The molecule has 1 aliphatic rings. The fourth-order valence-corrected chi connectivity index (χ4v) is 3.98. The van der Waals surface area contributed by atoms with Gasteiger partial charge in [0.15, 0.2) is 0 Å². The highest BCUT2D eigenvalue weighted by Crippen LogP contribution is 2.23. The summed E-state index contributed by atoms with van der Waals surface area (Å²) in [4.78, 5) is 26.9. The van der Waals surface area contributed by atoms with E-state index in [-0.39, 0.29) is 17.9 Å². The van der Waals surface area contributed by atoms with E-state index in [0.29, 0.717) is 37.4 Å². The van der Waals surface area contributed by atoms with Crippen LogP contribution in [0.1, 0.15) is 48.5 Å². The maximum atomic E-state index is 13.2. The first-order valence-electron chi connectivity index (χ1n) is 10.1. The van der Waals surface area contributed by atoms with Crippen molar-refractivity contribution in [2.75, 3.05) is 13.1 Å². The van der Waals surface area contributed by atoms with Crippen LogP contribution in [-0.4, -0.2) is 35.8 Å². The van der Waals surface area contributed by atoms with Gasteiger partial charge in [-0.3, -0.25) is 9.59 Å². The predicted octanol–water partition coefficient (Wildman–Crippen LogP) is 4.55. The van der Waals surface area contributed by atoms with E-state index in [1.165, 1.54) is 0 Å². The van der Waals surface area contributed by atoms with Crippen LogP contribution in [0.5, 0.6) is 5.75 Å². The number of rotatable bonds is 7. The van der Waals surface area contributed by atoms with Gasteiger partial charge in [0.2, 0.25) is 5.91 Å². The maximum absolute atomic E-state index is 13.2. The molecule has 1 N–H and O–H groups in total. The van der Waals surface area contributed by atoms with Gasteiger partial charge in [-0.15, -0.1) is 0 Å². The summed E-state index contributed by atoms with van der Waals surface area (Å²) in [5.74, 6) is 0.587. The molecule has 3 rings (SSSR count).